The van der Waals surface area contributed by atoms with E-state index in [2.05, 4.69) is 56.1 Å². The first-order chi connectivity index (χ1) is 14.2. The third-order valence-corrected chi connectivity index (χ3v) is 5.30. The van der Waals surface area contributed by atoms with E-state index in [1.165, 1.54) is 11.1 Å². The van der Waals surface area contributed by atoms with E-state index in [0.29, 0.717) is 23.2 Å². The lowest BCUT2D eigenvalue weighted by Gasteiger charge is -2.35. The molecule has 4 aromatic rings. The summed E-state index contributed by atoms with van der Waals surface area (Å²) < 4.78 is 6.94. The number of piperazine rings is 1. The van der Waals surface area contributed by atoms with Crippen LogP contribution in [0.5, 0.6) is 0 Å². The van der Waals surface area contributed by atoms with E-state index in [9.17, 15) is 0 Å². The van der Waals surface area contributed by atoms with Crippen LogP contribution in [0.1, 0.15) is 11.1 Å². The monoisotopic (exact) mass is 389 g/mol. The summed E-state index contributed by atoms with van der Waals surface area (Å²) in [6.07, 6.45) is 1.60. The number of hydrogen-bond donors (Lipinski definition) is 1. The summed E-state index contributed by atoms with van der Waals surface area (Å²) in [5, 5.41) is 4.40. The molecule has 2 N–H and O–H groups in total. The number of benzene rings is 1. The van der Waals surface area contributed by atoms with E-state index in [1.807, 2.05) is 18.2 Å². The minimum absolute atomic E-state index is 0.324. The number of aryl methyl sites for hydroxylation is 1. The van der Waals surface area contributed by atoms with Crippen molar-refractivity contribution in [3.8, 4) is 11.6 Å². The molecule has 0 unspecified atom stereocenters. The molecule has 0 spiro atoms. The largest absolute Gasteiger partial charge is 0.461 e. The van der Waals surface area contributed by atoms with Gasteiger partial charge in [0.25, 0.3) is 0 Å². The molecule has 1 fully saturated rings. The first-order valence-corrected chi connectivity index (χ1v) is 9.76. The highest BCUT2D eigenvalue weighted by Crippen LogP contribution is 2.22. The fraction of sp³-hybridized carbons (Fsp3) is 0.286. The predicted octanol–water partition coefficient (Wildman–Crippen LogP) is 2.60. The smallest absolute Gasteiger partial charge is 0.225 e. The third kappa shape index (κ3) is 3.54. The summed E-state index contributed by atoms with van der Waals surface area (Å²) in [5.74, 6) is 2.27. The molecule has 29 heavy (non-hydrogen) atoms. The van der Waals surface area contributed by atoms with Crippen molar-refractivity contribution in [2.45, 2.75) is 13.5 Å². The average Bonchev–Trinajstić information content (AvgIpc) is 3.40. The third-order valence-electron chi connectivity index (χ3n) is 5.30. The highest BCUT2D eigenvalue weighted by Gasteiger charge is 2.20. The van der Waals surface area contributed by atoms with Gasteiger partial charge in [0.1, 0.15) is 5.82 Å². The van der Waals surface area contributed by atoms with Gasteiger partial charge in [-0.3, -0.25) is 4.90 Å². The summed E-state index contributed by atoms with van der Waals surface area (Å²) in [6, 6.07) is 14.3. The Morgan fingerprint density at radius 3 is 2.55 bits per heavy atom. The van der Waals surface area contributed by atoms with Crippen LogP contribution in [0.25, 0.3) is 17.2 Å². The number of nitrogens with zero attached hydrogens (tertiary/aromatic N) is 6. The molecule has 8 nitrogen and oxygen atoms in total. The van der Waals surface area contributed by atoms with E-state index in [-0.39, 0.29) is 0 Å². The van der Waals surface area contributed by atoms with Crippen molar-refractivity contribution in [1.82, 2.24) is 24.5 Å². The van der Waals surface area contributed by atoms with Gasteiger partial charge >= 0.3 is 0 Å². The Morgan fingerprint density at radius 2 is 1.83 bits per heavy atom. The van der Waals surface area contributed by atoms with E-state index in [0.717, 1.165) is 38.5 Å². The van der Waals surface area contributed by atoms with Gasteiger partial charge in [-0.2, -0.15) is 9.50 Å². The fourth-order valence-electron chi connectivity index (χ4n) is 3.66. The van der Waals surface area contributed by atoms with Crippen LogP contribution in [-0.2, 0) is 6.54 Å². The van der Waals surface area contributed by atoms with Gasteiger partial charge in [-0.15, -0.1) is 5.10 Å². The van der Waals surface area contributed by atoms with Gasteiger partial charge < -0.3 is 15.1 Å². The number of fused-ring (bicyclic) bond motifs is 1. The maximum absolute atomic E-state index is 6.15. The number of aromatic nitrogens is 4. The molecule has 1 aliphatic rings. The van der Waals surface area contributed by atoms with E-state index in [1.54, 1.807) is 10.8 Å². The zero-order chi connectivity index (χ0) is 19.8. The van der Waals surface area contributed by atoms with Crippen molar-refractivity contribution >= 4 is 17.4 Å². The maximum Gasteiger partial charge on any atom is 0.225 e. The molecule has 1 aliphatic heterocycles. The highest BCUT2D eigenvalue weighted by molar-refractivity contribution is 5.59. The Bertz CT molecular complexity index is 1110. The number of anilines is 2. The SMILES string of the molecule is Cc1ccc(CN2CCN(c3cc4nc(-c5ccco5)nn4c(N)n3)CC2)cc1. The normalized spacial score (nSPS) is 15.3. The van der Waals surface area contributed by atoms with Gasteiger partial charge in [-0.25, -0.2) is 4.98 Å². The lowest BCUT2D eigenvalue weighted by molar-refractivity contribution is 0.249. The van der Waals surface area contributed by atoms with Crippen molar-refractivity contribution in [1.29, 1.82) is 0 Å². The molecule has 4 heterocycles. The van der Waals surface area contributed by atoms with Crippen LogP contribution in [0.2, 0.25) is 0 Å². The van der Waals surface area contributed by atoms with Gasteiger partial charge in [-0.1, -0.05) is 29.8 Å². The molecule has 0 aliphatic carbocycles. The number of furan rings is 1. The molecule has 3 aromatic heterocycles. The van der Waals surface area contributed by atoms with Gasteiger partial charge in [-0.05, 0) is 24.6 Å². The van der Waals surface area contributed by atoms with Gasteiger partial charge in [0.05, 0.1) is 6.26 Å². The highest BCUT2D eigenvalue weighted by atomic mass is 16.3. The topological polar surface area (TPSA) is 88.7 Å². The van der Waals surface area contributed by atoms with Crippen molar-refractivity contribution < 1.29 is 4.42 Å². The van der Waals surface area contributed by atoms with Gasteiger partial charge in [0, 0.05) is 38.8 Å². The fourth-order valence-corrected chi connectivity index (χ4v) is 3.66. The van der Waals surface area contributed by atoms with Crippen molar-refractivity contribution in [2.24, 2.45) is 0 Å². The molecular weight excluding hydrogens is 366 g/mol. The van der Waals surface area contributed by atoms with E-state index < -0.39 is 0 Å². The lowest BCUT2D eigenvalue weighted by Crippen LogP contribution is -2.46. The Balaban J connectivity index is 1.30. The summed E-state index contributed by atoms with van der Waals surface area (Å²) in [4.78, 5) is 13.8. The van der Waals surface area contributed by atoms with Crippen molar-refractivity contribution in [2.75, 3.05) is 36.8 Å². The Morgan fingerprint density at radius 1 is 1.03 bits per heavy atom. The maximum atomic E-state index is 6.15. The van der Waals surface area contributed by atoms with Gasteiger partial charge in [0.15, 0.2) is 11.4 Å². The molecule has 0 amide bonds. The van der Waals surface area contributed by atoms with Crippen LogP contribution in [0, 0.1) is 6.92 Å². The van der Waals surface area contributed by atoms with E-state index in [4.69, 9.17) is 10.2 Å². The molecule has 0 saturated carbocycles. The Labute approximate surface area is 168 Å². The number of nitrogens with two attached hydrogens (primary N) is 1. The van der Waals surface area contributed by atoms with Crippen molar-refractivity contribution in [3.63, 3.8) is 0 Å². The first-order valence-electron chi connectivity index (χ1n) is 9.76. The quantitative estimate of drug-likeness (QED) is 0.574. The van der Waals surface area contributed by atoms with Crippen LogP contribution >= 0.6 is 0 Å². The second-order valence-corrected chi connectivity index (χ2v) is 7.40. The second-order valence-electron chi connectivity index (χ2n) is 7.40. The predicted molar refractivity (Wildman–Crippen MR) is 112 cm³/mol. The van der Waals surface area contributed by atoms with Crippen LogP contribution in [-0.4, -0.2) is 50.7 Å². The summed E-state index contributed by atoms with van der Waals surface area (Å²) in [7, 11) is 0. The minimum atomic E-state index is 0.324. The zero-order valence-electron chi connectivity index (χ0n) is 16.3. The summed E-state index contributed by atoms with van der Waals surface area (Å²) in [6.45, 7) is 6.84. The lowest BCUT2D eigenvalue weighted by atomic mass is 10.1. The molecule has 8 heteroatoms. The van der Waals surface area contributed by atoms with Crippen LogP contribution in [0.4, 0.5) is 11.8 Å². The molecule has 5 rings (SSSR count). The molecular formula is C21H23N7O. The van der Waals surface area contributed by atoms with Crippen LogP contribution < -0.4 is 10.6 Å². The Kier molecular flexibility index (Phi) is 4.40. The zero-order valence-corrected chi connectivity index (χ0v) is 16.3. The first kappa shape index (κ1) is 17.7. The molecule has 1 saturated heterocycles. The standard InChI is InChI=1S/C21H23N7O/c1-15-4-6-16(7-5-15)14-26-8-10-27(11-9-26)18-13-19-23-20(17-3-2-12-29-17)25-28(19)21(22)24-18/h2-7,12-13H,8-11,14H2,1H3,(H2,22,24). The molecule has 0 bridgehead atoms. The van der Waals surface area contributed by atoms with E-state index >= 15 is 0 Å². The number of rotatable bonds is 4. The average molecular weight is 389 g/mol. The molecule has 0 atom stereocenters. The minimum Gasteiger partial charge on any atom is -0.461 e. The number of nitrogen functional groups attached to an aromatic ring is 1. The Hall–Kier alpha value is -3.39. The van der Waals surface area contributed by atoms with Crippen LogP contribution in [0.3, 0.4) is 0 Å². The second kappa shape index (κ2) is 7.21. The summed E-state index contributed by atoms with van der Waals surface area (Å²) >= 11 is 0. The van der Waals surface area contributed by atoms with Crippen LogP contribution in [0.15, 0.2) is 53.1 Å². The number of hydrogen-bond acceptors (Lipinski definition) is 7. The molecule has 148 valence electrons. The molecule has 1 aromatic carbocycles. The summed E-state index contributed by atoms with van der Waals surface area (Å²) in [5.41, 5.74) is 9.46. The molecule has 0 radical (unpaired) electrons. The van der Waals surface area contributed by atoms with Gasteiger partial charge in [0.2, 0.25) is 11.8 Å². The van der Waals surface area contributed by atoms with Crippen molar-refractivity contribution in [3.05, 3.63) is 59.9 Å².